The first-order valence-corrected chi connectivity index (χ1v) is 22.3. The number of rotatable bonds is 20. The molecular weight excluding hydrogens is 826 g/mol. The van der Waals surface area contributed by atoms with Gasteiger partial charge in [0.15, 0.2) is 11.4 Å². The van der Waals surface area contributed by atoms with Crippen molar-refractivity contribution in [2.45, 2.75) is 83.3 Å². The fourth-order valence-electron chi connectivity index (χ4n) is 6.19. The molecule has 0 radical (unpaired) electrons. The standard InChI is InChI=1S/C45H54ClN3O9S2/c1-30-17-19-33(20-18-30)45(32-13-9-8-10-14-32,34-15-11-12-16-35(34)46)57-40(53)23-25-56-26-24-47-41(54)31(29-59-60-44(5,6)7)27-37(50)36(49-38(51)21-22-39(49)52)28-48-42(55)58-43(2,3)4/h8-22,31,36H,23-29H2,1-7H3,(H,47,54)(H,48,55)/t31-,36-,45?/m0/s1. The second-order valence-corrected chi connectivity index (χ2v) is 19.7. The Balaban J connectivity index is 1.40. The second-order valence-electron chi connectivity index (χ2n) is 16.1. The van der Waals surface area contributed by atoms with E-state index < -0.39 is 65.3 Å². The minimum atomic E-state index is -1.37. The predicted molar refractivity (Wildman–Crippen MR) is 235 cm³/mol. The monoisotopic (exact) mass is 879 g/mol. The molecular formula is C45H54ClN3O9S2. The van der Waals surface area contributed by atoms with Crippen molar-refractivity contribution >= 4 is 68.8 Å². The molecule has 1 aliphatic heterocycles. The highest BCUT2D eigenvalue weighted by atomic mass is 35.5. The number of carbonyl (C=O) groups is 6. The topological polar surface area (TPSA) is 157 Å². The van der Waals surface area contributed by atoms with E-state index in [4.69, 9.17) is 25.8 Å². The Morgan fingerprint density at radius 2 is 1.40 bits per heavy atom. The fraction of sp³-hybridized carbons (Fsp3) is 0.422. The fourth-order valence-corrected chi connectivity index (χ4v) is 9.07. The second kappa shape index (κ2) is 21.8. The van der Waals surface area contributed by atoms with E-state index in [1.54, 1.807) is 37.6 Å². The van der Waals surface area contributed by atoms with E-state index in [0.717, 1.165) is 28.2 Å². The molecule has 60 heavy (non-hydrogen) atoms. The third kappa shape index (κ3) is 14.0. The van der Waals surface area contributed by atoms with E-state index in [1.807, 2.05) is 100 Å². The molecule has 4 amide bonds. The number of hydrogen-bond acceptors (Lipinski definition) is 11. The number of carbonyl (C=O) groups excluding carboxylic acids is 6. The molecule has 2 N–H and O–H groups in total. The van der Waals surface area contributed by atoms with Gasteiger partial charge in [0.1, 0.15) is 11.6 Å². The third-order valence-corrected chi connectivity index (χ3v) is 12.7. The zero-order valence-electron chi connectivity index (χ0n) is 35.1. The Hall–Kier alpha value is -4.63. The molecule has 0 saturated carbocycles. The van der Waals surface area contributed by atoms with E-state index in [0.29, 0.717) is 16.1 Å². The summed E-state index contributed by atoms with van der Waals surface area (Å²) in [5.41, 5.74) is 0.896. The van der Waals surface area contributed by atoms with Gasteiger partial charge in [-0.25, -0.2) is 4.79 Å². The number of Topliss-reactive ketones (excluding diaryl/α,β-unsaturated/α-hetero) is 1. The van der Waals surface area contributed by atoms with Gasteiger partial charge < -0.3 is 24.8 Å². The molecule has 15 heteroatoms. The Morgan fingerprint density at radius 3 is 2.02 bits per heavy atom. The molecule has 0 bridgehead atoms. The zero-order chi connectivity index (χ0) is 44.1. The van der Waals surface area contributed by atoms with Crippen LogP contribution in [0.4, 0.5) is 4.79 Å². The molecule has 3 atom stereocenters. The molecule has 12 nitrogen and oxygen atoms in total. The zero-order valence-corrected chi connectivity index (χ0v) is 37.5. The minimum absolute atomic E-state index is 0.00572. The first-order chi connectivity index (χ1) is 28.3. The van der Waals surface area contributed by atoms with Crippen LogP contribution >= 0.6 is 33.2 Å². The van der Waals surface area contributed by atoms with Crippen LogP contribution in [-0.4, -0.2) is 88.9 Å². The van der Waals surface area contributed by atoms with Gasteiger partial charge in [-0.15, -0.1) is 0 Å². The molecule has 1 unspecified atom stereocenters. The van der Waals surface area contributed by atoms with E-state index in [-0.39, 0.29) is 43.1 Å². The number of nitrogens with one attached hydrogen (secondary N) is 2. The van der Waals surface area contributed by atoms with Crippen LogP contribution in [0.15, 0.2) is 91.0 Å². The van der Waals surface area contributed by atoms with Crippen LogP contribution in [0.3, 0.4) is 0 Å². The summed E-state index contributed by atoms with van der Waals surface area (Å²) < 4.78 is 17.3. The van der Waals surface area contributed by atoms with Gasteiger partial charge in [0.05, 0.1) is 25.6 Å². The SMILES string of the molecule is Cc1ccc(C(OC(=O)CCOCCNC(=O)[C@H](CSSC(C)(C)C)CC(=O)[C@H](CNC(=O)OC(C)(C)C)N2C(=O)C=CC2=O)(c2ccccc2)c2ccccc2Cl)cc1. The van der Waals surface area contributed by atoms with Crippen LogP contribution in [0.25, 0.3) is 0 Å². The highest BCUT2D eigenvalue weighted by Gasteiger charge is 2.42. The lowest BCUT2D eigenvalue weighted by molar-refractivity contribution is -0.154. The van der Waals surface area contributed by atoms with E-state index in [9.17, 15) is 28.8 Å². The Labute approximate surface area is 365 Å². The molecule has 3 aromatic rings. The average molecular weight is 881 g/mol. The Bertz CT molecular complexity index is 2000. The number of ketones is 1. The van der Waals surface area contributed by atoms with Gasteiger partial charge >= 0.3 is 12.1 Å². The summed E-state index contributed by atoms with van der Waals surface area (Å²) in [4.78, 5) is 79.7. The number of hydrogen-bond donors (Lipinski definition) is 2. The molecule has 0 aliphatic carbocycles. The normalized spacial score (nSPS) is 14.9. The first kappa shape index (κ1) is 48.0. The van der Waals surface area contributed by atoms with Crippen molar-refractivity contribution in [2.24, 2.45) is 5.92 Å². The van der Waals surface area contributed by atoms with Crippen molar-refractivity contribution < 1.29 is 43.0 Å². The first-order valence-electron chi connectivity index (χ1n) is 19.6. The largest absolute Gasteiger partial charge is 0.444 e. The lowest BCUT2D eigenvalue weighted by Crippen LogP contribution is -2.52. The molecule has 0 fully saturated rings. The van der Waals surface area contributed by atoms with Crippen molar-refractivity contribution in [3.63, 3.8) is 0 Å². The maximum atomic E-state index is 13.8. The molecule has 3 aromatic carbocycles. The molecule has 0 aromatic heterocycles. The summed E-state index contributed by atoms with van der Waals surface area (Å²) in [6, 6.07) is 23.0. The maximum Gasteiger partial charge on any atom is 0.407 e. The van der Waals surface area contributed by atoms with Crippen LogP contribution in [-0.2, 0) is 43.8 Å². The summed E-state index contributed by atoms with van der Waals surface area (Å²) in [5.74, 6) is -3.56. The number of ether oxygens (including phenoxy) is 3. The highest BCUT2D eigenvalue weighted by Crippen LogP contribution is 2.44. The number of aryl methyl sites for hydroxylation is 1. The number of nitrogens with zero attached hydrogens (tertiary/aromatic N) is 1. The van der Waals surface area contributed by atoms with Crippen molar-refractivity contribution in [2.75, 3.05) is 32.1 Å². The third-order valence-electron chi connectivity index (χ3n) is 8.92. The van der Waals surface area contributed by atoms with Gasteiger partial charge in [-0.3, -0.25) is 28.9 Å². The number of amides is 4. The van der Waals surface area contributed by atoms with E-state index in [2.05, 4.69) is 10.6 Å². The van der Waals surface area contributed by atoms with Crippen molar-refractivity contribution in [3.8, 4) is 0 Å². The lowest BCUT2D eigenvalue weighted by Gasteiger charge is -2.36. The molecule has 1 heterocycles. The van der Waals surface area contributed by atoms with Gasteiger partial charge in [-0.1, -0.05) is 132 Å². The Kier molecular flexibility index (Phi) is 17.4. The predicted octanol–water partition coefficient (Wildman–Crippen LogP) is 7.58. The molecule has 4 rings (SSSR count). The minimum Gasteiger partial charge on any atom is -0.444 e. The molecule has 1 aliphatic rings. The van der Waals surface area contributed by atoms with Gasteiger partial charge in [-0.2, -0.15) is 0 Å². The van der Waals surface area contributed by atoms with Gasteiger partial charge in [0, 0.05) is 63.9 Å². The quantitative estimate of drug-likeness (QED) is 0.0379. The number of benzene rings is 3. The van der Waals surface area contributed by atoms with Crippen LogP contribution < -0.4 is 10.6 Å². The summed E-state index contributed by atoms with van der Waals surface area (Å²) >= 11 is 6.79. The number of halogens is 1. The number of esters is 1. The smallest absolute Gasteiger partial charge is 0.407 e. The van der Waals surface area contributed by atoms with Crippen LogP contribution in [0.2, 0.25) is 5.02 Å². The van der Waals surface area contributed by atoms with Crippen LogP contribution in [0, 0.1) is 12.8 Å². The van der Waals surface area contributed by atoms with Crippen LogP contribution in [0.1, 0.15) is 76.6 Å². The maximum absolute atomic E-state index is 13.8. The van der Waals surface area contributed by atoms with Gasteiger partial charge in [0.2, 0.25) is 5.91 Å². The van der Waals surface area contributed by atoms with Gasteiger partial charge in [0.25, 0.3) is 11.8 Å². The average Bonchev–Trinajstić information content (AvgIpc) is 3.51. The van der Waals surface area contributed by atoms with Crippen molar-refractivity contribution in [3.05, 3.63) is 118 Å². The summed E-state index contributed by atoms with van der Waals surface area (Å²) in [6.07, 6.45) is 0.868. The molecule has 0 saturated heterocycles. The molecule has 322 valence electrons. The highest BCUT2D eigenvalue weighted by molar-refractivity contribution is 8.77. The number of alkyl carbamates (subject to hydrolysis) is 1. The lowest BCUT2D eigenvalue weighted by atomic mass is 9.79. The molecule has 0 spiro atoms. The van der Waals surface area contributed by atoms with E-state index >= 15 is 0 Å². The van der Waals surface area contributed by atoms with Crippen molar-refractivity contribution in [1.29, 1.82) is 0 Å². The van der Waals surface area contributed by atoms with Crippen LogP contribution in [0.5, 0.6) is 0 Å². The Morgan fingerprint density at radius 1 is 0.783 bits per heavy atom. The van der Waals surface area contributed by atoms with Crippen molar-refractivity contribution in [1.82, 2.24) is 15.5 Å². The summed E-state index contributed by atoms with van der Waals surface area (Å²) in [7, 11) is 2.97. The summed E-state index contributed by atoms with van der Waals surface area (Å²) in [6.45, 7) is 12.8. The number of imide groups is 1. The van der Waals surface area contributed by atoms with E-state index in [1.165, 1.54) is 10.8 Å². The van der Waals surface area contributed by atoms with Gasteiger partial charge in [-0.05, 0) is 33.8 Å². The summed E-state index contributed by atoms with van der Waals surface area (Å²) in [5, 5.41) is 5.74.